The van der Waals surface area contributed by atoms with Crippen LogP contribution in [0.2, 0.25) is 0 Å². The number of likely N-dealkylation sites (N-methyl/N-ethyl adjacent to an activating group) is 1. The molecule has 0 atom stereocenters. The summed E-state index contributed by atoms with van der Waals surface area (Å²) in [5.41, 5.74) is 4.46. The predicted octanol–water partition coefficient (Wildman–Crippen LogP) is 3.53. The lowest BCUT2D eigenvalue weighted by Gasteiger charge is -2.31. The summed E-state index contributed by atoms with van der Waals surface area (Å²) in [7, 11) is 0.294. The number of nitrogens with zero attached hydrogens (tertiary/aromatic N) is 5. The van der Waals surface area contributed by atoms with Crippen LogP contribution in [0.15, 0.2) is 23.1 Å². The topological polar surface area (TPSA) is 87.1 Å². The summed E-state index contributed by atoms with van der Waals surface area (Å²) < 4.78 is 30.6. The fourth-order valence-corrected chi connectivity index (χ4v) is 6.17. The zero-order valence-electron chi connectivity index (χ0n) is 19.8. The summed E-state index contributed by atoms with van der Waals surface area (Å²) in [6.45, 7) is 6.67. The standard InChI is InChI=1S/C23H32N6O2S2/c1-5-7-16-9-10-17(33(30,31)29-13-11-27(3)12-14-29)15-18(16)22-24-20-19(8-6-2)26-28(4)21(20)23(32)25-22/h9-10,15H,5-8,11-14H2,1-4H3,(H,24,25,32). The average Bonchev–Trinajstić information content (AvgIpc) is 3.10. The Kier molecular flexibility index (Phi) is 6.99. The highest BCUT2D eigenvalue weighted by Crippen LogP contribution is 2.29. The fourth-order valence-electron chi connectivity index (χ4n) is 4.40. The van der Waals surface area contributed by atoms with Crippen molar-refractivity contribution in [2.24, 2.45) is 7.05 Å². The normalized spacial score (nSPS) is 16.0. The number of hydrogen-bond donors (Lipinski definition) is 1. The van der Waals surface area contributed by atoms with E-state index in [1.807, 2.05) is 20.2 Å². The van der Waals surface area contributed by atoms with Crippen LogP contribution in [-0.4, -0.2) is 70.6 Å². The molecule has 1 N–H and O–H groups in total. The number of hydrogen-bond acceptors (Lipinski definition) is 6. The molecule has 0 saturated carbocycles. The fraction of sp³-hybridized carbons (Fsp3) is 0.522. The van der Waals surface area contributed by atoms with Crippen molar-refractivity contribution in [2.45, 2.75) is 44.4 Å². The number of aryl methyl sites for hydroxylation is 3. The van der Waals surface area contributed by atoms with E-state index in [4.69, 9.17) is 12.2 Å². The van der Waals surface area contributed by atoms with Crippen LogP contribution >= 0.6 is 12.2 Å². The van der Waals surface area contributed by atoms with Gasteiger partial charge in [-0.1, -0.05) is 45.0 Å². The molecule has 1 aromatic carbocycles. The molecule has 8 nitrogen and oxygen atoms in total. The first-order valence-electron chi connectivity index (χ1n) is 11.5. The highest BCUT2D eigenvalue weighted by molar-refractivity contribution is 7.89. The van der Waals surface area contributed by atoms with E-state index in [1.54, 1.807) is 21.1 Å². The van der Waals surface area contributed by atoms with Crippen molar-refractivity contribution in [3.63, 3.8) is 0 Å². The molecule has 10 heteroatoms. The van der Waals surface area contributed by atoms with E-state index in [9.17, 15) is 8.42 Å². The van der Waals surface area contributed by atoms with Crippen molar-refractivity contribution in [2.75, 3.05) is 33.2 Å². The number of piperazine rings is 1. The number of H-pyrrole nitrogens is 1. The van der Waals surface area contributed by atoms with Crippen molar-refractivity contribution in [1.82, 2.24) is 29.0 Å². The second kappa shape index (κ2) is 9.61. The van der Waals surface area contributed by atoms with Crippen LogP contribution in [0.1, 0.15) is 37.9 Å². The molecule has 3 aromatic rings. The zero-order chi connectivity index (χ0) is 23.8. The smallest absolute Gasteiger partial charge is 0.243 e. The maximum Gasteiger partial charge on any atom is 0.243 e. The van der Waals surface area contributed by atoms with Gasteiger partial charge in [0.1, 0.15) is 11.3 Å². The lowest BCUT2D eigenvalue weighted by molar-refractivity contribution is 0.222. The van der Waals surface area contributed by atoms with Crippen molar-refractivity contribution >= 4 is 33.3 Å². The summed E-state index contributed by atoms with van der Waals surface area (Å²) in [6, 6.07) is 5.40. The van der Waals surface area contributed by atoms with E-state index in [-0.39, 0.29) is 0 Å². The van der Waals surface area contributed by atoms with Crippen molar-refractivity contribution in [3.8, 4) is 11.4 Å². The Hall–Kier alpha value is -2.14. The van der Waals surface area contributed by atoms with E-state index in [1.165, 1.54) is 0 Å². The Balaban J connectivity index is 1.85. The number of aromatic amines is 1. The number of rotatable bonds is 7. The van der Waals surface area contributed by atoms with E-state index in [0.717, 1.165) is 66.6 Å². The van der Waals surface area contributed by atoms with Gasteiger partial charge in [-0.15, -0.1) is 0 Å². The minimum atomic E-state index is -3.59. The summed E-state index contributed by atoms with van der Waals surface area (Å²) in [5.74, 6) is 0.594. The van der Waals surface area contributed by atoms with Gasteiger partial charge in [0.25, 0.3) is 0 Å². The van der Waals surface area contributed by atoms with Gasteiger partial charge in [-0.2, -0.15) is 9.40 Å². The molecule has 1 aliphatic rings. The van der Waals surface area contributed by atoms with Crippen LogP contribution in [0.5, 0.6) is 0 Å². The first-order chi connectivity index (χ1) is 15.8. The summed E-state index contributed by atoms with van der Waals surface area (Å²) >= 11 is 5.63. The van der Waals surface area contributed by atoms with Crippen LogP contribution in [-0.2, 0) is 29.9 Å². The largest absolute Gasteiger partial charge is 0.336 e. The summed E-state index contributed by atoms with van der Waals surface area (Å²) in [5, 5.41) is 4.63. The number of nitrogens with one attached hydrogen (secondary N) is 1. The van der Waals surface area contributed by atoms with Crippen LogP contribution < -0.4 is 0 Å². The van der Waals surface area contributed by atoms with Gasteiger partial charge in [-0.05, 0) is 37.6 Å². The molecule has 0 amide bonds. The molecule has 1 fully saturated rings. The van der Waals surface area contributed by atoms with Crippen LogP contribution in [0, 0.1) is 4.64 Å². The first kappa shape index (κ1) is 24.0. The lowest BCUT2D eigenvalue weighted by Crippen LogP contribution is -2.47. The maximum atomic E-state index is 13.4. The second-order valence-electron chi connectivity index (χ2n) is 8.71. The summed E-state index contributed by atoms with van der Waals surface area (Å²) in [4.78, 5) is 10.6. The van der Waals surface area contributed by atoms with Gasteiger partial charge in [0.05, 0.1) is 16.1 Å². The predicted molar refractivity (Wildman–Crippen MR) is 133 cm³/mol. The van der Waals surface area contributed by atoms with Gasteiger partial charge in [0, 0.05) is 38.8 Å². The maximum absolute atomic E-state index is 13.4. The van der Waals surface area contributed by atoms with Gasteiger partial charge in [0.2, 0.25) is 10.0 Å². The minimum absolute atomic E-state index is 0.295. The van der Waals surface area contributed by atoms with E-state index >= 15 is 0 Å². The molecule has 4 rings (SSSR count). The van der Waals surface area contributed by atoms with Crippen LogP contribution in [0.3, 0.4) is 0 Å². The van der Waals surface area contributed by atoms with Crippen LogP contribution in [0.25, 0.3) is 22.4 Å². The lowest BCUT2D eigenvalue weighted by atomic mass is 10.0. The molecule has 1 aliphatic heterocycles. The van der Waals surface area contributed by atoms with E-state index < -0.39 is 10.0 Å². The van der Waals surface area contributed by atoms with Crippen molar-refractivity contribution in [1.29, 1.82) is 0 Å². The molecule has 3 heterocycles. The molecule has 33 heavy (non-hydrogen) atoms. The third kappa shape index (κ3) is 4.62. The van der Waals surface area contributed by atoms with E-state index in [0.29, 0.717) is 28.4 Å². The van der Waals surface area contributed by atoms with Crippen molar-refractivity contribution < 1.29 is 8.42 Å². The zero-order valence-corrected chi connectivity index (χ0v) is 21.4. The molecule has 2 aromatic heterocycles. The third-order valence-corrected chi connectivity index (χ3v) is 8.40. The van der Waals surface area contributed by atoms with Crippen LogP contribution in [0.4, 0.5) is 0 Å². The monoisotopic (exact) mass is 488 g/mol. The molecule has 0 spiro atoms. The Morgan fingerprint density at radius 2 is 1.76 bits per heavy atom. The van der Waals surface area contributed by atoms with E-state index in [2.05, 4.69) is 33.8 Å². The van der Waals surface area contributed by atoms with Gasteiger partial charge < -0.3 is 9.88 Å². The summed E-state index contributed by atoms with van der Waals surface area (Å²) in [6.07, 6.45) is 3.55. The Morgan fingerprint density at radius 1 is 1.06 bits per heavy atom. The highest BCUT2D eigenvalue weighted by atomic mass is 32.2. The van der Waals surface area contributed by atoms with Gasteiger partial charge in [-0.3, -0.25) is 4.68 Å². The number of fused-ring (bicyclic) bond motifs is 1. The Labute approximate surface area is 200 Å². The van der Waals surface area contributed by atoms with Gasteiger partial charge in [-0.25, -0.2) is 13.4 Å². The Bertz CT molecular complexity index is 1320. The number of sulfonamides is 1. The molecule has 0 radical (unpaired) electrons. The molecule has 0 unspecified atom stereocenters. The minimum Gasteiger partial charge on any atom is -0.336 e. The average molecular weight is 489 g/mol. The Morgan fingerprint density at radius 3 is 2.42 bits per heavy atom. The molecule has 0 bridgehead atoms. The second-order valence-corrected chi connectivity index (χ2v) is 11.0. The number of aromatic nitrogens is 4. The van der Waals surface area contributed by atoms with Gasteiger partial charge >= 0.3 is 0 Å². The quantitative estimate of drug-likeness (QED) is 0.512. The molecule has 0 aliphatic carbocycles. The van der Waals surface area contributed by atoms with Gasteiger partial charge in [0.15, 0.2) is 4.64 Å². The first-order valence-corrected chi connectivity index (χ1v) is 13.4. The molecular formula is C23H32N6O2S2. The SMILES string of the molecule is CCCc1ccc(S(=O)(=O)N2CCN(C)CC2)cc1-c1nc(=S)c2c([nH]1)c(CCC)nn2C. The number of benzene rings is 1. The third-order valence-electron chi connectivity index (χ3n) is 6.22. The molecule has 1 saturated heterocycles. The molecule has 178 valence electrons. The molecular weight excluding hydrogens is 456 g/mol. The van der Waals surface area contributed by atoms with Crippen molar-refractivity contribution in [3.05, 3.63) is 34.1 Å². The highest BCUT2D eigenvalue weighted by Gasteiger charge is 2.28.